The van der Waals surface area contributed by atoms with Gasteiger partial charge < -0.3 is 10.5 Å². The molecule has 0 saturated carbocycles. The van der Waals surface area contributed by atoms with Crippen LogP contribution in [0.1, 0.15) is 11.3 Å². The third-order valence-electron chi connectivity index (χ3n) is 3.70. The number of hydrogen-bond donors (Lipinski definition) is 1. The first-order valence-electron chi connectivity index (χ1n) is 6.46. The highest BCUT2D eigenvalue weighted by atomic mass is 19.1. The molecule has 1 aromatic carbocycles. The van der Waals surface area contributed by atoms with Gasteiger partial charge in [-0.1, -0.05) is 0 Å². The van der Waals surface area contributed by atoms with Crippen LogP contribution in [0, 0.1) is 19.7 Å². The van der Waals surface area contributed by atoms with Crippen molar-refractivity contribution in [2.24, 2.45) is 0 Å². The summed E-state index contributed by atoms with van der Waals surface area (Å²) in [5.74, 6) is 0.517. The predicted octanol–water partition coefficient (Wildman–Crippen LogP) is 2.77. The van der Waals surface area contributed by atoms with Gasteiger partial charge in [0, 0.05) is 11.8 Å². The average Bonchev–Trinajstić information content (AvgIpc) is 2.72. The van der Waals surface area contributed by atoms with E-state index in [1.54, 1.807) is 6.07 Å². The number of fused-ring (bicyclic) bond motifs is 1. The summed E-state index contributed by atoms with van der Waals surface area (Å²) in [7, 11) is 1.51. The molecule has 0 fully saturated rings. The molecule has 0 aliphatic rings. The summed E-state index contributed by atoms with van der Waals surface area (Å²) in [6.45, 7) is 3.92. The van der Waals surface area contributed by atoms with Crippen molar-refractivity contribution in [1.29, 1.82) is 0 Å². The molecule has 21 heavy (non-hydrogen) atoms. The SMILES string of the molecule is COc1cc(F)ccc1-n1c(C)c(C)c2c(N)ncnc21. The fraction of sp³-hybridized carbons (Fsp3) is 0.200. The van der Waals surface area contributed by atoms with Crippen molar-refractivity contribution >= 4 is 16.9 Å². The molecule has 0 bridgehead atoms. The summed E-state index contributed by atoms with van der Waals surface area (Å²) < 4.78 is 20.6. The summed E-state index contributed by atoms with van der Waals surface area (Å²) in [6, 6.07) is 4.40. The molecule has 0 radical (unpaired) electrons. The minimum atomic E-state index is -0.351. The van der Waals surface area contributed by atoms with Gasteiger partial charge in [-0.25, -0.2) is 14.4 Å². The predicted molar refractivity (Wildman–Crippen MR) is 79.3 cm³/mol. The Bertz CT molecular complexity index is 841. The Morgan fingerprint density at radius 3 is 2.71 bits per heavy atom. The van der Waals surface area contributed by atoms with Crippen LogP contribution < -0.4 is 10.5 Å². The second-order valence-electron chi connectivity index (χ2n) is 4.82. The maximum atomic E-state index is 13.4. The van der Waals surface area contributed by atoms with Crippen LogP contribution in [0.25, 0.3) is 16.7 Å². The maximum absolute atomic E-state index is 13.4. The normalized spacial score (nSPS) is 11.0. The Hall–Kier alpha value is -2.63. The molecule has 0 unspecified atom stereocenters. The molecule has 0 atom stereocenters. The third-order valence-corrected chi connectivity index (χ3v) is 3.70. The first-order valence-corrected chi connectivity index (χ1v) is 6.46. The Kier molecular flexibility index (Phi) is 3.01. The first kappa shape index (κ1) is 13.4. The second kappa shape index (κ2) is 4.73. The van der Waals surface area contributed by atoms with Crippen molar-refractivity contribution in [2.45, 2.75) is 13.8 Å². The summed E-state index contributed by atoms with van der Waals surface area (Å²) >= 11 is 0. The number of methoxy groups -OCH3 is 1. The summed E-state index contributed by atoms with van der Waals surface area (Å²) in [6.07, 6.45) is 1.42. The highest BCUT2D eigenvalue weighted by molar-refractivity contribution is 5.92. The number of nitrogens with two attached hydrogens (primary N) is 1. The van der Waals surface area contributed by atoms with E-state index in [9.17, 15) is 4.39 Å². The van der Waals surface area contributed by atoms with Gasteiger partial charge in [0.1, 0.15) is 23.7 Å². The number of aryl methyl sites for hydroxylation is 1. The van der Waals surface area contributed by atoms with Crippen molar-refractivity contribution in [3.63, 3.8) is 0 Å². The van der Waals surface area contributed by atoms with Gasteiger partial charge in [0.2, 0.25) is 0 Å². The summed E-state index contributed by atoms with van der Waals surface area (Å²) in [5, 5.41) is 0.807. The van der Waals surface area contributed by atoms with Crippen LogP contribution in [0.15, 0.2) is 24.5 Å². The molecule has 0 saturated heterocycles. The number of nitrogens with zero attached hydrogens (tertiary/aromatic N) is 3. The third kappa shape index (κ3) is 1.91. The van der Waals surface area contributed by atoms with E-state index >= 15 is 0 Å². The highest BCUT2D eigenvalue weighted by Crippen LogP contribution is 2.33. The molecule has 0 aliphatic carbocycles. The smallest absolute Gasteiger partial charge is 0.150 e. The Labute approximate surface area is 121 Å². The van der Waals surface area contributed by atoms with E-state index in [-0.39, 0.29) is 5.82 Å². The van der Waals surface area contributed by atoms with Gasteiger partial charge in [0.05, 0.1) is 18.2 Å². The minimum Gasteiger partial charge on any atom is -0.494 e. The monoisotopic (exact) mass is 286 g/mol. The van der Waals surface area contributed by atoms with Crippen molar-refractivity contribution in [3.8, 4) is 11.4 Å². The molecule has 5 nitrogen and oxygen atoms in total. The zero-order valence-corrected chi connectivity index (χ0v) is 12.0. The van der Waals surface area contributed by atoms with Gasteiger partial charge in [0.25, 0.3) is 0 Å². The first-order chi connectivity index (χ1) is 10.0. The van der Waals surface area contributed by atoms with E-state index in [4.69, 9.17) is 10.5 Å². The van der Waals surface area contributed by atoms with E-state index < -0.39 is 0 Å². The molecule has 6 heteroatoms. The Balaban J connectivity index is 2.41. The van der Waals surface area contributed by atoms with Gasteiger partial charge in [-0.05, 0) is 31.5 Å². The van der Waals surface area contributed by atoms with Gasteiger partial charge in [0.15, 0.2) is 5.65 Å². The Morgan fingerprint density at radius 1 is 1.24 bits per heavy atom. The van der Waals surface area contributed by atoms with E-state index in [1.165, 1.54) is 25.6 Å². The van der Waals surface area contributed by atoms with Crippen LogP contribution in [0.5, 0.6) is 5.75 Å². The molecular formula is C15H15FN4O. The lowest BCUT2D eigenvalue weighted by Crippen LogP contribution is -2.02. The lowest BCUT2D eigenvalue weighted by molar-refractivity contribution is 0.409. The molecule has 2 heterocycles. The second-order valence-corrected chi connectivity index (χ2v) is 4.82. The summed E-state index contributed by atoms with van der Waals surface area (Å²) in [5.41, 5.74) is 9.31. The quantitative estimate of drug-likeness (QED) is 0.786. The van der Waals surface area contributed by atoms with Crippen molar-refractivity contribution in [2.75, 3.05) is 12.8 Å². The fourth-order valence-corrected chi connectivity index (χ4v) is 2.56. The number of anilines is 1. The molecule has 0 spiro atoms. The van der Waals surface area contributed by atoms with Crippen LogP contribution in [-0.2, 0) is 0 Å². The summed E-state index contributed by atoms with van der Waals surface area (Å²) in [4.78, 5) is 8.36. The molecular weight excluding hydrogens is 271 g/mol. The number of nitrogen functional groups attached to an aromatic ring is 1. The van der Waals surface area contributed by atoms with Crippen molar-refractivity contribution in [3.05, 3.63) is 41.6 Å². The largest absolute Gasteiger partial charge is 0.494 e. The minimum absolute atomic E-state index is 0.351. The molecule has 3 rings (SSSR count). The fourth-order valence-electron chi connectivity index (χ4n) is 2.56. The van der Waals surface area contributed by atoms with E-state index in [2.05, 4.69) is 9.97 Å². The molecule has 0 amide bonds. The standard InChI is InChI=1S/C15H15FN4O/c1-8-9(2)20(15-13(8)14(17)18-7-19-15)11-5-4-10(16)6-12(11)21-3/h4-7H,1-3H3,(H2,17,18,19). The zero-order valence-electron chi connectivity index (χ0n) is 12.0. The van der Waals surface area contributed by atoms with Gasteiger partial charge >= 0.3 is 0 Å². The lowest BCUT2D eigenvalue weighted by Gasteiger charge is -2.12. The van der Waals surface area contributed by atoms with E-state index in [1.807, 2.05) is 18.4 Å². The number of rotatable bonds is 2. The van der Waals surface area contributed by atoms with Crippen molar-refractivity contribution < 1.29 is 9.13 Å². The average molecular weight is 286 g/mol. The number of aromatic nitrogens is 3. The van der Waals surface area contributed by atoms with Crippen LogP contribution in [0.2, 0.25) is 0 Å². The number of hydrogen-bond acceptors (Lipinski definition) is 4. The molecule has 2 aromatic heterocycles. The van der Waals surface area contributed by atoms with Gasteiger partial charge in [-0.15, -0.1) is 0 Å². The molecule has 3 aromatic rings. The Morgan fingerprint density at radius 2 is 2.00 bits per heavy atom. The van der Waals surface area contributed by atoms with Crippen LogP contribution in [0.3, 0.4) is 0 Å². The molecule has 108 valence electrons. The van der Waals surface area contributed by atoms with Crippen molar-refractivity contribution in [1.82, 2.24) is 14.5 Å². The number of ether oxygens (including phenoxy) is 1. The maximum Gasteiger partial charge on any atom is 0.150 e. The molecule has 2 N–H and O–H groups in total. The molecule has 0 aliphatic heterocycles. The number of benzene rings is 1. The number of halogens is 1. The van der Waals surface area contributed by atoms with Gasteiger partial charge in [-0.2, -0.15) is 0 Å². The van der Waals surface area contributed by atoms with Crippen LogP contribution in [0.4, 0.5) is 10.2 Å². The van der Waals surface area contributed by atoms with E-state index in [0.29, 0.717) is 22.9 Å². The van der Waals surface area contributed by atoms with Gasteiger partial charge in [-0.3, -0.25) is 4.57 Å². The van der Waals surface area contributed by atoms with Crippen LogP contribution >= 0.6 is 0 Å². The topological polar surface area (TPSA) is 66.0 Å². The highest BCUT2D eigenvalue weighted by Gasteiger charge is 2.18. The lowest BCUT2D eigenvalue weighted by atomic mass is 10.2. The van der Waals surface area contributed by atoms with Crippen LogP contribution in [-0.4, -0.2) is 21.6 Å². The zero-order chi connectivity index (χ0) is 15.1. The van der Waals surface area contributed by atoms with E-state index in [0.717, 1.165) is 16.6 Å².